The molecule has 34 heavy (non-hydrogen) atoms. The van der Waals surface area contributed by atoms with Crippen molar-refractivity contribution in [1.82, 2.24) is 20.1 Å². The van der Waals surface area contributed by atoms with E-state index in [1.807, 2.05) is 102 Å². The number of hydrogen-bond acceptors (Lipinski definition) is 6. The first-order valence-electron chi connectivity index (χ1n) is 10.5. The zero-order chi connectivity index (χ0) is 23.8. The molecule has 0 aliphatic carbocycles. The molecule has 0 radical (unpaired) electrons. The van der Waals surface area contributed by atoms with Gasteiger partial charge in [-0.1, -0.05) is 90.6 Å². The van der Waals surface area contributed by atoms with Crippen LogP contribution in [0.2, 0.25) is 0 Å². The van der Waals surface area contributed by atoms with Gasteiger partial charge in [-0.05, 0) is 17.7 Å². The van der Waals surface area contributed by atoms with Crippen molar-refractivity contribution in [2.24, 2.45) is 0 Å². The Bertz CT molecular complexity index is 1330. The molecule has 0 aliphatic rings. The van der Waals surface area contributed by atoms with Crippen molar-refractivity contribution in [3.05, 3.63) is 108 Å². The van der Waals surface area contributed by atoms with Crippen LogP contribution in [-0.2, 0) is 11.3 Å². The number of carbonyl (C=O) groups excluding carboxylic acids is 1. The number of rotatable bonds is 8. The lowest BCUT2D eigenvalue weighted by Crippen LogP contribution is -2.25. The van der Waals surface area contributed by atoms with Crippen molar-refractivity contribution < 1.29 is 9.90 Å². The number of aliphatic hydroxyl groups excluding tert-OH is 1. The fourth-order valence-corrected chi connectivity index (χ4v) is 4.10. The molecule has 0 fully saturated rings. The van der Waals surface area contributed by atoms with E-state index in [0.29, 0.717) is 11.0 Å². The quantitative estimate of drug-likeness (QED) is 0.169. The lowest BCUT2D eigenvalue weighted by atomic mass is 10.2. The normalized spacial score (nSPS) is 11.4. The second kappa shape index (κ2) is 11.0. The van der Waals surface area contributed by atoms with Gasteiger partial charge in [-0.2, -0.15) is 5.26 Å². The highest BCUT2D eigenvalue weighted by molar-refractivity contribution is 7.99. The van der Waals surface area contributed by atoms with Gasteiger partial charge in [0.25, 0.3) is 5.91 Å². The van der Waals surface area contributed by atoms with Crippen LogP contribution >= 0.6 is 11.8 Å². The number of nitriles is 1. The number of benzene rings is 3. The highest BCUT2D eigenvalue weighted by Crippen LogP contribution is 2.28. The van der Waals surface area contributed by atoms with Gasteiger partial charge in [0.15, 0.2) is 16.6 Å². The van der Waals surface area contributed by atoms with E-state index in [0.717, 1.165) is 16.8 Å². The molecule has 0 spiro atoms. The standard InChI is InChI=1S/C26H21N5O2S/c27-16-22(25(33)28-17-19-10-4-1-5-11-19)23(32)18-34-26-30-29-24(20-12-6-2-7-13-20)31(26)21-14-8-3-9-15-21/h1-15,32H,17-18H2,(H,28,33). The molecule has 7 nitrogen and oxygen atoms in total. The molecular weight excluding hydrogens is 446 g/mol. The van der Waals surface area contributed by atoms with Crippen molar-refractivity contribution >= 4 is 17.7 Å². The van der Waals surface area contributed by atoms with Gasteiger partial charge in [0.05, 0.1) is 5.75 Å². The smallest absolute Gasteiger partial charge is 0.265 e. The third kappa shape index (κ3) is 5.34. The maximum Gasteiger partial charge on any atom is 0.265 e. The summed E-state index contributed by atoms with van der Waals surface area (Å²) >= 11 is 1.19. The maximum atomic E-state index is 12.5. The van der Waals surface area contributed by atoms with E-state index in [2.05, 4.69) is 15.5 Å². The molecule has 168 valence electrons. The Morgan fingerprint density at radius 2 is 1.56 bits per heavy atom. The molecule has 1 aromatic heterocycles. The minimum absolute atomic E-state index is 0.0125. The predicted molar refractivity (Wildman–Crippen MR) is 131 cm³/mol. The Morgan fingerprint density at radius 3 is 2.21 bits per heavy atom. The van der Waals surface area contributed by atoms with Crippen molar-refractivity contribution in [1.29, 1.82) is 5.26 Å². The number of aromatic nitrogens is 3. The zero-order valence-electron chi connectivity index (χ0n) is 18.1. The van der Waals surface area contributed by atoms with Crippen molar-refractivity contribution in [2.45, 2.75) is 11.7 Å². The van der Waals surface area contributed by atoms with E-state index in [4.69, 9.17) is 0 Å². The summed E-state index contributed by atoms with van der Waals surface area (Å²) < 4.78 is 1.88. The van der Waals surface area contributed by atoms with Crippen LogP contribution in [0.3, 0.4) is 0 Å². The monoisotopic (exact) mass is 467 g/mol. The van der Waals surface area contributed by atoms with E-state index < -0.39 is 5.91 Å². The highest BCUT2D eigenvalue weighted by atomic mass is 32.2. The molecule has 0 unspecified atom stereocenters. The first-order valence-corrected chi connectivity index (χ1v) is 11.5. The highest BCUT2D eigenvalue weighted by Gasteiger charge is 2.19. The first-order chi connectivity index (χ1) is 16.7. The second-order valence-electron chi connectivity index (χ2n) is 7.23. The zero-order valence-corrected chi connectivity index (χ0v) is 18.9. The lowest BCUT2D eigenvalue weighted by molar-refractivity contribution is -0.117. The summed E-state index contributed by atoms with van der Waals surface area (Å²) in [7, 11) is 0. The van der Waals surface area contributed by atoms with Gasteiger partial charge in [-0.3, -0.25) is 9.36 Å². The average molecular weight is 468 g/mol. The van der Waals surface area contributed by atoms with Gasteiger partial charge >= 0.3 is 0 Å². The van der Waals surface area contributed by atoms with Crippen LogP contribution in [0.25, 0.3) is 17.1 Å². The molecular formula is C26H21N5O2S. The molecule has 0 atom stereocenters. The van der Waals surface area contributed by atoms with E-state index in [-0.39, 0.29) is 23.6 Å². The lowest BCUT2D eigenvalue weighted by Gasteiger charge is -2.10. The molecule has 1 heterocycles. The number of para-hydroxylation sites is 1. The third-order valence-electron chi connectivity index (χ3n) is 4.94. The Hall–Kier alpha value is -4.35. The van der Waals surface area contributed by atoms with Gasteiger partial charge < -0.3 is 10.4 Å². The maximum absolute atomic E-state index is 12.5. The van der Waals surface area contributed by atoms with Gasteiger partial charge in [-0.15, -0.1) is 10.2 Å². The summed E-state index contributed by atoms with van der Waals surface area (Å²) in [6, 6.07) is 30.5. The number of nitrogens with one attached hydrogen (secondary N) is 1. The van der Waals surface area contributed by atoms with E-state index >= 15 is 0 Å². The van der Waals surface area contributed by atoms with Crippen LogP contribution in [-0.4, -0.2) is 31.5 Å². The van der Waals surface area contributed by atoms with E-state index in [1.54, 1.807) is 0 Å². The molecule has 3 aromatic carbocycles. The fraction of sp³-hybridized carbons (Fsp3) is 0.0769. The van der Waals surface area contributed by atoms with Crippen LogP contribution in [0, 0.1) is 11.3 Å². The largest absolute Gasteiger partial charge is 0.510 e. The number of amides is 1. The molecule has 4 rings (SSSR count). The minimum atomic E-state index is -0.626. The summed E-state index contributed by atoms with van der Waals surface area (Å²) in [5.74, 6) is -0.304. The molecule has 0 saturated carbocycles. The predicted octanol–water partition coefficient (Wildman–Crippen LogP) is 4.68. The minimum Gasteiger partial charge on any atom is -0.510 e. The van der Waals surface area contributed by atoms with Gasteiger partial charge in [0, 0.05) is 17.8 Å². The van der Waals surface area contributed by atoms with Crippen molar-refractivity contribution in [2.75, 3.05) is 5.75 Å². The van der Waals surface area contributed by atoms with Crippen LogP contribution in [0.1, 0.15) is 5.56 Å². The first kappa shape index (κ1) is 22.8. The molecule has 4 aromatic rings. The van der Waals surface area contributed by atoms with Crippen molar-refractivity contribution in [3.8, 4) is 23.1 Å². The molecule has 0 saturated heterocycles. The number of carbonyl (C=O) groups is 1. The van der Waals surface area contributed by atoms with Crippen molar-refractivity contribution in [3.63, 3.8) is 0 Å². The van der Waals surface area contributed by atoms with E-state index in [1.165, 1.54) is 11.8 Å². The summed E-state index contributed by atoms with van der Waals surface area (Å²) in [5.41, 5.74) is 2.32. The van der Waals surface area contributed by atoms with Crippen LogP contribution in [0.15, 0.2) is 107 Å². The topological polar surface area (TPSA) is 104 Å². The SMILES string of the molecule is N#CC(C(=O)NCc1ccccc1)=C(O)CSc1nnc(-c2ccccc2)n1-c1ccccc1. The Labute approximate surface area is 201 Å². The van der Waals surface area contributed by atoms with Crippen LogP contribution < -0.4 is 5.32 Å². The van der Waals surface area contributed by atoms with E-state index in [9.17, 15) is 15.2 Å². The molecule has 0 bridgehead atoms. The summed E-state index contributed by atoms with van der Waals surface area (Å²) in [6.07, 6.45) is 0. The van der Waals surface area contributed by atoms with Gasteiger partial charge in [0.1, 0.15) is 11.8 Å². The average Bonchev–Trinajstić information content (AvgIpc) is 3.32. The van der Waals surface area contributed by atoms with Crippen LogP contribution in [0.4, 0.5) is 0 Å². The second-order valence-corrected chi connectivity index (χ2v) is 8.18. The number of hydrogen-bond donors (Lipinski definition) is 2. The molecule has 1 amide bonds. The Kier molecular flexibility index (Phi) is 7.38. The number of thioether (sulfide) groups is 1. The third-order valence-corrected chi connectivity index (χ3v) is 5.88. The van der Waals surface area contributed by atoms with Crippen LogP contribution in [0.5, 0.6) is 0 Å². The summed E-state index contributed by atoms with van der Waals surface area (Å²) in [4.78, 5) is 12.5. The summed E-state index contributed by atoms with van der Waals surface area (Å²) in [5, 5.41) is 31.9. The molecule has 2 N–H and O–H groups in total. The molecule has 0 aliphatic heterocycles. The Morgan fingerprint density at radius 1 is 0.941 bits per heavy atom. The van der Waals surface area contributed by atoms with Gasteiger partial charge in [0.2, 0.25) is 0 Å². The molecule has 8 heteroatoms. The Balaban J connectivity index is 1.55. The number of aliphatic hydroxyl groups is 1. The number of nitrogens with zero attached hydrogens (tertiary/aromatic N) is 4. The summed E-state index contributed by atoms with van der Waals surface area (Å²) in [6.45, 7) is 0.258. The fourth-order valence-electron chi connectivity index (χ4n) is 3.27. The van der Waals surface area contributed by atoms with Gasteiger partial charge in [-0.25, -0.2) is 0 Å².